The number of carbonyl (C=O) groups excluding carboxylic acids is 2. The van der Waals surface area contributed by atoms with Crippen molar-refractivity contribution in [2.45, 2.75) is 39.5 Å². The smallest absolute Gasteiger partial charge is 0.241 e. The molecule has 8 heteroatoms. The summed E-state index contributed by atoms with van der Waals surface area (Å²) in [5.74, 6) is 1.08. The van der Waals surface area contributed by atoms with Crippen LogP contribution in [0.2, 0.25) is 0 Å². The number of benzene rings is 2. The van der Waals surface area contributed by atoms with Crippen LogP contribution in [0.1, 0.15) is 42.3 Å². The molecule has 0 aliphatic carbocycles. The van der Waals surface area contributed by atoms with E-state index in [1.807, 2.05) is 56.3 Å². The Balaban J connectivity index is 1.64. The number of hydrogen-bond donors (Lipinski definition) is 1. The van der Waals surface area contributed by atoms with E-state index in [1.165, 1.54) is 36.2 Å². The summed E-state index contributed by atoms with van der Waals surface area (Å²) in [5.41, 5.74) is 3.07. The van der Waals surface area contributed by atoms with Gasteiger partial charge in [0, 0.05) is 25.8 Å². The molecule has 1 N–H and O–H groups in total. The Morgan fingerprint density at radius 3 is 2.39 bits per heavy atom. The highest BCUT2D eigenvalue weighted by Gasteiger charge is 2.34. The number of amides is 2. The van der Waals surface area contributed by atoms with E-state index in [4.69, 9.17) is 9.47 Å². The minimum atomic E-state index is -0.405. The summed E-state index contributed by atoms with van der Waals surface area (Å²) in [6.45, 7) is 7.89. The largest absolute Gasteiger partial charge is 0.493 e. The van der Waals surface area contributed by atoms with E-state index >= 15 is 0 Å². The molecule has 2 aromatic rings. The van der Waals surface area contributed by atoms with Gasteiger partial charge in [0.05, 0.1) is 13.2 Å². The van der Waals surface area contributed by atoms with Crippen molar-refractivity contribution in [1.29, 1.82) is 0 Å². The molecule has 0 radical (unpaired) electrons. The van der Waals surface area contributed by atoms with Gasteiger partial charge < -0.3 is 14.8 Å². The fourth-order valence-electron chi connectivity index (χ4n) is 3.02. The fraction of sp³-hybridized carbons (Fsp3) is 0.348. The van der Waals surface area contributed by atoms with E-state index in [2.05, 4.69) is 10.4 Å². The number of hydrogen-bond acceptors (Lipinski definition) is 6. The van der Waals surface area contributed by atoms with Crippen molar-refractivity contribution >= 4 is 28.7 Å². The van der Waals surface area contributed by atoms with Crippen molar-refractivity contribution in [2.75, 3.05) is 13.2 Å². The number of nitrogens with one attached hydrogen (secondary N) is 1. The molecule has 1 heterocycles. The van der Waals surface area contributed by atoms with Crippen LogP contribution in [0.3, 0.4) is 0 Å². The lowest BCUT2D eigenvalue weighted by atomic mass is 10.1. The van der Waals surface area contributed by atoms with E-state index in [0.717, 1.165) is 16.9 Å². The standard InChI is InChI=1S/C23H27N3O4S/c1-15-6-9-19(10-7-15)29-12-5-13-30-21-11-8-16(2)14-20(21)22-26(18(4)28)25-23(31-22)24-17(3)27/h6-11,14,22H,5,12-13H2,1-4H3,(H,24,25,27). The van der Waals surface area contributed by atoms with Crippen molar-refractivity contribution in [3.63, 3.8) is 0 Å². The molecule has 1 aliphatic rings. The predicted octanol–water partition coefficient (Wildman–Crippen LogP) is 4.15. The van der Waals surface area contributed by atoms with Gasteiger partial charge in [-0.3, -0.25) is 9.59 Å². The lowest BCUT2D eigenvalue weighted by Crippen LogP contribution is -2.25. The molecule has 1 unspecified atom stereocenters. The molecular formula is C23H27N3O4S. The normalized spacial score (nSPS) is 15.4. The molecular weight excluding hydrogens is 414 g/mol. The number of amidine groups is 1. The highest BCUT2D eigenvalue weighted by atomic mass is 32.2. The first-order chi connectivity index (χ1) is 14.8. The highest BCUT2D eigenvalue weighted by Crippen LogP contribution is 2.42. The fourth-order valence-corrected chi connectivity index (χ4v) is 4.18. The zero-order chi connectivity index (χ0) is 22.4. The van der Waals surface area contributed by atoms with Crippen LogP contribution in [0, 0.1) is 13.8 Å². The highest BCUT2D eigenvalue weighted by molar-refractivity contribution is 8.14. The minimum absolute atomic E-state index is 0.211. The maximum atomic E-state index is 12.1. The molecule has 7 nitrogen and oxygen atoms in total. The molecule has 0 saturated carbocycles. The van der Waals surface area contributed by atoms with Gasteiger partial charge in [0.1, 0.15) is 16.9 Å². The number of rotatable bonds is 7. The van der Waals surface area contributed by atoms with E-state index in [1.54, 1.807) is 0 Å². The average Bonchev–Trinajstić information content (AvgIpc) is 3.13. The van der Waals surface area contributed by atoms with Gasteiger partial charge in [0.15, 0.2) is 5.17 Å². The Labute approximate surface area is 186 Å². The summed E-state index contributed by atoms with van der Waals surface area (Å²) in [7, 11) is 0. The van der Waals surface area contributed by atoms with Gasteiger partial charge in [0.25, 0.3) is 0 Å². The molecule has 0 bridgehead atoms. The molecule has 31 heavy (non-hydrogen) atoms. The number of carbonyl (C=O) groups is 2. The first-order valence-corrected chi connectivity index (χ1v) is 11.0. The first-order valence-electron chi connectivity index (χ1n) is 10.1. The molecule has 3 rings (SSSR count). The van der Waals surface area contributed by atoms with Crippen molar-refractivity contribution in [2.24, 2.45) is 5.10 Å². The lowest BCUT2D eigenvalue weighted by Gasteiger charge is -2.22. The number of ether oxygens (including phenoxy) is 2. The summed E-state index contributed by atoms with van der Waals surface area (Å²) in [6.07, 6.45) is 0.711. The van der Waals surface area contributed by atoms with Crippen LogP contribution < -0.4 is 14.8 Å². The SMILES string of the molecule is CC(=O)NC1=NN(C(C)=O)C(c2cc(C)ccc2OCCCOc2ccc(C)cc2)S1. The zero-order valence-corrected chi connectivity index (χ0v) is 19.0. The third-order valence-electron chi connectivity index (χ3n) is 4.52. The Morgan fingerprint density at radius 2 is 1.71 bits per heavy atom. The van der Waals surface area contributed by atoms with E-state index in [9.17, 15) is 9.59 Å². The second-order valence-corrected chi connectivity index (χ2v) is 8.39. The van der Waals surface area contributed by atoms with Gasteiger partial charge in [-0.05, 0) is 38.1 Å². The Bertz CT molecular complexity index is 975. The Hall–Kier alpha value is -3.00. The quantitative estimate of drug-likeness (QED) is 0.653. The third kappa shape index (κ3) is 6.24. The Kier molecular flexibility index (Phi) is 7.57. The first kappa shape index (κ1) is 22.7. The monoisotopic (exact) mass is 441 g/mol. The molecule has 0 saturated heterocycles. The summed E-state index contributed by atoms with van der Waals surface area (Å²) in [5, 5.41) is 8.29. The van der Waals surface area contributed by atoms with Crippen molar-refractivity contribution in [3.8, 4) is 11.5 Å². The molecule has 0 aromatic heterocycles. The van der Waals surface area contributed by atoms with Gasteiger partial charge >= 0.3 is 0 Å². The van der Waals surface area contributed by atoms with Crippen LogP contribution in [0.15, 0.2) is 47.6 Å². The molecule has 1 atom stereocenters. The second kappa shape index (κ2) is 10.3. The molecule has 1 aliphatic heterocycles. The Morgan fingerprint density at radius 1 is 1.03 bits per heavy atom. The van der Waals surface area contributed by atoms with Gasteiger partial charge in [-0.15, -0.1) is 5.10 Å². The van der Waals surface area contributed by atoms with E-state index in [-0.39, 0.29) is 11.8 Å². The van der Waals surface area contributed by atoms with Crippen LogP contribution in [0.25, 0.3) is 0 Å². The van der Waals surface area contributed by atoms with Gasteiger partial charge in [-0.25, -0.2) is 5.01 Å². The van der Waals surface area contributed by atoms with Crippen molar-refractivity contribution < 1.29 is 19.1 Å². The number of hydrazone groups is 1. The third-order valence-corrected chi connectivity index (χ3v) is 5.60. The van der Waals surface area contributed by atoms with E-state index < -0.39 is 5.37 Å². The lowest BCUT2D eigenvalue weighted by molar-refractivity contribution is -0.129. The summed E-state index contributed by atoms with van der Waals surface area (Å²) in [4.78, 5) is 23.6. The summed E-state index contributed by atoms with van der Waals surface area (Å²) in [6, 6.07) is 13.8. The van der Waals surface area contributed by atoms with Crippen LogP contribution >= 0.6 is 11.8 Å². The minimum Gasteiger partial charge on any atom is -0.493 e. The van der Waals surface area contributed by atoms with Gasteiger partial charge in [0.2, 0.25) is 11.8 Å². The van der Waals surface area contributed by atoms with Gasteiger partial charge in [-0.1, -0.05) is 41.1 Å². The maximum absolute atomic E-state index is 12.1. The number of nitrogens with zero attached hydrogens (tertiary/aromatic N) is 2. The number of aryl methyl sites for hydroxylation is 2. The van der Waals surface area contributed by atoms with Gasteiger partial charge in [-0.2, -0.15) is 0 Å². The molecule has 2 aromatic carbocycles. The van der Waals surface area contributed by atoms with Crippen LogP contribution in [0.5, 0.6) is 11.5 Å². The second-order valence-electron chi connectivity index (χ2n) is 7.32. The van der Waals surface area contributed by atoms with Crippen LogP contribution in [0.4, 0.5) is 0 Å². The molecule has 0 fully saturated rings. The van der Waals surface area contributed by atoms with Crippen molar-refractivity contribution in [1.82, 2.24) is 10.3 Å². The summed E-state index contributed by atoms with van der Waals surface area (Å²) < 4.78 is 11.8. The van der Waals surface area contributed by atoms with Crippen LogP contribution in [-0.4, -0.2) is 35.2 Å². The summed E-state index contributed by atoms with van der Waals surface area (Å²) >= 11 is 1.31. The average molecular weight is 442 g/mol. The number of thioether (sulfide) groups is 1. The molecule has 164 valence electrons. The molecule has 0 spiro atoms. The van der Waals surface area contributed by atoms with Crippen LogP contribution in [-0.2, 0) is 9.59 Å². The maximum Gasteiger partial charge on any atom is 0.241 e. The topological polar surface area (TPSA) is 80.2 Å². The molecule has 2 amide bonds. The zero-order valence-electron chi connectivity index (χ0n) is 18.2. The van der Waals surface area contributed by atoms with Crippen molar-refractivity contribution in [3.05, 3.63) is 59.2 Å². The predicted molar refractivity (Wildman–Crippen MR) is 122 cm³/mol. The van der Waals surface area contributed by atoms with E-state index in [0.29, 0.717) is 30.6 Å².